The highest BCUT2D eigenvalue weighted by atomic mass is 35.5. The first kappa shape index (κ1) is 14.7. The molecule has 106 valence electrons. The third-order valence-electron chi connectivity index (χ3n) is 2.97. The van der Waals surface area contributed by atoms with E-state index in [2.05, 4.69) is 12.2 Å². The highest BCUT2D eigenvalue weighted by Crippen LogP contribution is 2.22. The molecule has 0 amide bonds. The number of nitrogens with one attached hydrogen (secondary N) is 1. The third-order valence-corrected chi connectivity index (χ3v) is 3.22. The molecule has 2 N–H and O–H groups in total. The van der Waals surface area contributed by atoms with Gasteiger partial charge in [-0.15, -0.1) is 0 Å². The zero-order valence-electron chi connectivity index (χ0n) is 11.3. The van der Waals surface area contributed by atoms with Crippen LogP contribution in [0.5, 0.6) is 5.75 Å². The fourth-order valence-corrected chi connectivity index (χ4v) is 2.02. The lowest BCUT2D eigenvalue weighted by Gasteiger charge is -2.16. The van der Waals surface area contributed by atoms with Crippen molar-refractivity contribution in [2.24, 2.45) is 0 Å². The molecule has 3 nitrogen and oxygen atoms in total. The van der Waals surface area contributed by atoms with Gasteiger partial charge in [0.05, 0.1) is 6.61 Å². The summed E-state index contributed by atoms with van der Waals surface area (Å²) in [5.41, 5.74) is 2.19. The molecular formula is C16H18ClNO2. The monoisotopic (exact) mass is 291 g/mol. The average Bonchev–Trinajstić information content (AvgIpc) is 2.47. The maximum atomic E-state index is 8.70. The number of rotatable bonds is 6. The van der Waals surface area contributed by atoms with Gasteiger partial charge in [0.1, 0.15) is 12.4 Å². The van der Waals surface area contributed by atoms with Crippen LogP contribution >= 0.6 is 11.6 Å². The molecule has 1 unspecified atom stereocenters. The number of aliphatic hydroxyl groups is 1. The summed E-state index contributed by atoms with van der Waals surface area (Å²) in [6, 6.07) is 15.7. The first-order valence-electron chi connectivity index (χ1n) is 6.55. The van der Waals surface area contributed by atoms with Crippen molar-refractivity contribution < 1.29 is 9.84 Å². The van der Waals surface area contributed by atoms with E-state index in [9.17, 15) is 0 Å². The molecule has 0 fully saturated rings. The lowest BCUT2D eigenvalue weighted by molar-refractivity contribution is 0.201. The van der Waals surface area contributed by atoms with E-state index in [4.69, 9.17) is 21.4 Å². The molecule has 0 aliphatic carbocycles. The molecule has 0 aliphatic heterocycles. The van der Waals surface area contributed by atoms with Gasteiger partial charge in [-0.05, 0) is 48.9 Å². The fourth-order valence-electron chi connectivity index (χ4n) is 1.90. The van der Waals surface area contributed by atoms with Crippen LogP contribution < -0.4 is 10.1 Å². The van der Waals surface area contributed by atoms with Crippen LogP contribution in [0.15, 0.2) is 48.5 Å². The molecule has 2 rings (SSSR count). The minimum absolute atomic E-state index is 0.0214. The second-order valence-electron chi connectivity index (χ2n) is 4.51. The van der Waals surface area contributed by atoms with Gasteiger partial charge in [0, 0.05) is 16.8 Å². The van der Waals surface area contributed by atoms with Gasteiger partial charge in [-0.1, -0.05) is 23.7 Å². The Bertz CT molecular complexity index is 525. The summed E-state index contributed by atoms with van der Waals surface area (Å²) in [4.78, 5) is 0. The average molecular weight is 292 g/mol. The van der Waals surface area contributed by atoms with Crippen LogP contribution in [0, 0.1) is 0 Å². The quantitative estimate of drug-likeness (QED) is 0.848. The van der Waals surface area contributed by atoms with Crippen molar-refractivity contribution in [3.05, 3.63) is 59.1 Å². The standard InChI is InChI=1S/C16H18ClNO2/c1-12(13-2-4-14(17)5-3-13)18-15-6-8-16(9-7-15)20-11-10-19/h2-9,12,18-19H,10-11H2,1H3. The summed E-state index contributed by atoms with van der Waals surface area (Å²) < 4.78 is 5.32. The van der Waals surface area contributed by atoms with Crippen LogP contribution in [0.4, 0.5) is 5.69 Å². The molecule has 0 radical (unpaired) electrons. The van der Waals surface area contributed by atoms with Gasteiger partial charge in [-0.25, -0.2) is 0 Å². The van der Waals surface area contributed by atoms with Crippen molar-refractivity contribution in [1.29, 1.82) is 0 Å². The van der Waals surface area contributed by atoms with Crippen LogP contribution in [0.2, 0.25) is 5.02 Å². The van der Waals surface area contributed by atoms with E-state index in [1.165, 1.54) is 5.56 Å². The molecular weight excluding hydrogens is 274 g/mol. The summed E-state index contributed by atoms with van der Waals surface area (Å²) in [6.07, 6.45) is 0. The molecule has 20 heavy (non-hydrogen) atoms. The van der Waals surface area contributed by atoms with Crippen molar-refractivity contribution >= 4 is 17.3 Å². The first-order chi connectivity index (χ1) is 9.69. The molecule has 0 saturated heterocycles. The van der Waals surface area contributed by atoms with E-state index in [0.717, 1.165) is 16.5 Å². The van der Waals surface area contributed by atoms with Crippen molar-refractivity contribution in [2.45, 2.75) is 13.0 Å². The molecule has 1 atom stereocenters. The number of benzene rings is 2. The fraction of sp³-hybridized carbons (Fsp3) is 0.250. The predicted octanol–water partition coefficient (Wildman–Crippen LogP) is 3.88. The predicted molar refractivity (Wildman–Crippen MR) is 82.5 cm³/mol. The van der Waals surface area contributed by atoms with Gasteiger partial charge >= 0.3 is 0 Å². The number of halogens is 1. The molecule has 0 saturated carbocycles. The molecule has 4 heteroatoms. The summed E-state index contributed by atoms with van der Waals surface area (Å²) in [6.45, 7) is 2.43. The zero-order chi connectivity index (χ0) is 14.4. The smallest absolute Gasteiger partial charge is 0.119 e. The largest absolute Gasteiger partial charge is 0.491 e. The minimum Gasteiger partial charge on any atom is -0.491 e. The van der Waals surface area contributed by atoms with Crippen molar-refractivity contribution in [2.75, 3.05) is 18.5 Å². The third kappa shape index (κ3) is 4.15. The molecule has 0 bridgehead atoms. The number of aliphatic hydroxyl groups excluding tert-OH is 1. The Morgan fingerprint density at radius 1 is 1.10 bits per heavy atom. The Hall–Kier alpha value is -1.71. The molecule has 2 aromatic carbocycles. The normalized spacial score (nSPS) is 11.9. The van der Waals surface area contributed by atoms with E-state index < -0.39 is 0 Å². The Morgan fingerprint density at radius 3 is 2.35 bits per heavy atom. The van der Waals surface area contributed by atoms with E-state index >= 15 is 0 Å². The summed E-state index contributed by atoms with van der Waals surface area (Å²) in [7, 11) is 0. The Kier molecular flexibility index (Phi) is 5.27. The molecule has 0 spiro atoms. The lowest BCUT2D eigenvalue weighted by Crippen LogP contribution is -2.06. The SMILES string of the molecule is CC(Nc1ccc(OCCO)cc1)c1ccc(Cl)cc1. The highest BCUT2D eigenvalue weighted by molar-refractivity contribution is 6.30. The number of ether oxygens (including phenoxy) is 1. The van der Waals surface area contributed by atoms with Crippen molar-refractivity contribution in [3.63, 3.8) is 0 Å². The van der Waals surface area contributed by atoms with Gasteiger partial charge in [0.25, 0.3) is 0 Å². The summed E-state index contributed by atoms with van der Waals surface area (Å²) >= 11 is 5.88. The van der Waals surface area contributed by atoms with Crippen LogP contribution in [-0.2, 0) is 0 Å². The summed E-state index contributed by atoms with van der Waals surface area (Å²) in [5, 5.41) is 12.9. The van der Waals surface area contributed by atoms with Crippen molar-refractivity contribution in [3.8, 4) is 5.75 Å². The van der Waals surface area contributed by atoms with Crippen LogP contribution in [0.1, 0.15) is 18.5 Å². The Balaban J connectivity index is 1.97. The second-order valence-corrected chi connectivity index (χ2v) is 4.95. The molecule has 2 aromatic rings. The van der Waals surface area contributed by atoms with Gasteiger partial charge in [0.2, 0.25) is 0 Å². The minimum atomic E-state index is 0.0214. The van der Waals surface area contributed by atoms with Gasteiger partial charge < -0.3 is 15.2 Å². The number of hydrogen-bond donors (Lipinski definition) is 2. The van der Waals surface area contributed by atoms with Gasteiger partial charge in [-0.2, -0.15) is 0 Å². The molecule has 0 heterocycles. The van der Waals surface area contributed by atoms with Crippen LogP contribution in [0.25, 0.3) is 0 Å². The maximum absolute atomic E-state index is 8.70. The molecule has 0 aliphatic rings. The first-order valence-corrected chi connectivity index (χ1v) is 6.92. The Labute approximate surface area is 124 Å². The van der Waals surface area contributed by atoms with Gasteiger partial charge in [-0.3, -0.25) is 0 Å². The zero-order valence-corrected chi connectivity index (χ0v) is 12.1. The second kappa shape index (κ2) is 7.17. The number of hydrogen-bond acceptors (Lipinski definition) is 3. The topological polar surface area (TPSA) is 41.5 Å². The van der Waals surface area contributed by atoms with Crippen LogP contribution in [-0.4, -0.2) is 18.3 Å². The number of anilines is 1. The highest BCUT2D eigenvalue weighted by Gasteiger charge is 2.05. The van der Waals surface area contributed by atoms with Crippen molar-refractivity contribution in [1.82, 2.24) is 0 Å². The summed E-state index contributed by atoms with van der Waals surface area (Å²) in [5.74, 6) is 0.753. The van der Waals surface area contributed by atoms with E-state index in [1.54, 1.807) is 0 Å². The van der Waals surface area contributed by atoms with Gasteiger partial charge in [0.15, 0.2) is 0 Å². The molecule has 0 aromatic heterocycles. The maximum Gasteiger partial charge on any atom is 0.119 e. The van der Waals surface area contributed by atoms with E-state index in [1.807, 2.05) is 48.5 Å². The lowest BCUT2D eigenvalue weighted by atomic mass is 10.1. The van der Waals surface area contributed by atoms with E-state index in [0.29, 0.717) is 6.61 Å². The van der Waals surface area contributed by atoms with E-state index in [-0.39, 0.29) is 12.6 Å². The Morgan fingerprint density at radius 2 is 1.75 bits per heavy atom. The van der Waals surface area contributed by atoms with Crippen LogP contribution in [0.3, 0.4) is 0 Å².